The molecule has 0 unspecified atom stereocenters. The van der Waals surface area contributed by atoms with E-state index in [-0.39, 0.29) is 28.9 Å². The van der Waals surface area contributed by atoms with Crippen LogP contribution in [0.4, 0.5) is 11.4 Å². The molecule has 0 aliphatic carbocycles. The Hall–Kier alpha value is -2.62. The Morgan fingerprint density at radius 2 is 1.97 bits per heavy atom. The molecule has 2 aromatic carbocycles. The number of amides is 2. The molecule has 1 aliphatic heterocycles. The summed E-state index contributed by atoms with van der Waals surface area (Å²) in [5.74, 6) is -0.939. The van der Waals surface area contributed by atoms with Crippen molar-refractivity contribution in [3.05, 3.63) is 59.1 Å². The van der Waals surface area contributed by atoms with Gasteiger partial charge in [-0.25, -0.2) is 8.42 Å². The van der Waals surface area contributed by atoms with E-state index in [1.165, 1.54) is 6.07 Å². The minimum atomic E-state index is -3.75. The third-order valence-corrected chi connectivity index (χ3v) is 6.12. The predicted molar refractivity (Wildman–Crippen MR) is 120 cm³/mol. The van der Waals surface area contributed by atoms with E-state index in [1.807, 2.05) is 0 Å². The van der Waals surface area contributed by atoms with Gasteiger partial charge in [0, 0.05) is 18.2 Å². The van der Waals surface area contributed by atoms with E-state index < -0.39 is 22.5 Å². The molecule has 1 saturated heterocycles. The molecule has 1 atom stereocenters. The molecule has 166 valence electrons. The van der Waals surface area contributed by atoms with Gasteiger partial charge in [-0.15, -0.1) is 0 Å². The average molecular weight is 466 g/mol. The number of anilines is 2. The minimum absolute atomic E-state index is 0.00767. The fraction of sp³-hybridized carbons (Fsp3) is 0.333. The summed E-state index contributed by atoms with van der Waals surface area (Å²) in [4.78, 5) is 25.3. The molecule has 31 heavy (non-hydrogen) atoms. The molecule has 0 radical (unpaired) electrons. The lowest BCUT2D eigenvalue weighted by Crippen LogP contribution is -2.38. The van der Waals surface area contributed by atoms with Gasteiger partial charge < -0.3 is 15.4 Å². The van der Waals surface area contributed by atoms with E-state index in [0.717, 1.165) is 23.4 Å². The number of carbonyl (C=O) groups excluding carboxylic acids is 2. The summed E-state index contributed by atoms with van der Waals surface area (Å²) in [6.45, 7) is 0.611. The zero-order chi connectivity index (χ0) is 22.4. The van der Waals surface area contributed by atoms with Crippen LogP contribution in [0.3, 0.4) is 0 Å². The molecule has 8 nitrogen and oxygen atoms in total. The molecule has 1 heterocycles. The van der Waals surface area contributed by atoms with Crippen LogP contribution in [0.2, 0.25) is 5.02 Å². The first-order chi connectivity index (χ1) is 14.7. The maximum atomic E-state index is 12.7. The molecular formula is C21H24ClN3O5S. The van der Waals surface area contributed by atoms with Crippen LogP contribution in [0.1, 0.15) is 23.2 Å². The number of hydrogen-bond acceptors (Lipinski definition) is 5. The molecule has 2 aromatic rings. The third-order valence-electron chi connectivity index (χ3n) is 4.74. The lowest BCUT2D eigenvalue weighted by molar-refractivity contribution is -0.114. The average Bonchev–Trinajstić information content (AvgIpc) is 3.23. The summed E-state index contributed by atoms with van der Waals surface area (Å²) in [5.41, 5.74) is 0.840. The largest absolute Gasteiger partial charge is 0.376 e. The molecule has 0 aromatic heterocycles. The molecule has 2 N–H and O–H groups in total. The van der Waals surface area contributed by atoms with Crippen molar-refractivity contribution in [2.45, 2.75) is 18.9 Å². The van der Waals surface area contributed by atoms with Crippen LogP contribution in [-0.4, -0.2) is 52.3 Å². The van der Waals surface area contributed by atoms with Crippen molar-refractivity contribution in [2.24, 2.45) is 0 Å². The Morgan fingerprint density at radius 1 is 1.19 bits per heavy atom. The van der Waals surface area contributed by atoms with E-state index in [2.05, 4.69) is 10.6 Å². The number of para-hydroxylation sites is 1. The predicted octanol–water partition coefficient (Wildman–Crippen LogP) is 2.65. The zero-order valence-electron chi connectivity index (χ0n) is 17.0. The maximum Gasteiger partial charge on any atom is 0.253 e. The second-order valence-electron chi connectivity index (χ2n) is 7.19. The van der Waals surface area contributed by atoms with Crippen molar-refractivity contribution in [1.29, 1.82) is 0 Å². The molecule has 10 heteroatoms. The van der Waals surface area contributed by atoms with E-state index in [9.17, 15) is 18.0 Å². The van der Waals surface area contributed by atoms with Crippen LogP contribution in [0.15, 0.2) is 48.5 Å². The van der Waals surface area contributed by atoms with Gasteiger partial charge in [-0.05, 0) is 43.2 Å². The Bertz CT molecular complexity index is 1050. The van der Waals surface area contributed by atoms with Gasteiger partial charge in [0.25, 0.3) is 5.91 Å². The molecule has 3 rings (SSSR count). The number of sulfonamides is 1. The van der Waals surface area contributed by atoms with Gasteiger partial charge in [-0.3, -0.25) is 13.9 Å². The molecule has 0 saturated carbocycles. The fourth-order valence-electron chi connectivity index (χ4n) is 3.25. The van der Waals surface area contributed by atoms with Crippen molar-refractivity contribution >= 4 is 44.8 Å². The van der Waals surface area contributed by atoms with E-state index in [0.29, 0.717) is 18.2 Å². The Morgan fingerprint density at radius 3 is 2.65 bits per heavy atom. The van der Waals surface area contributed by atoms with Crippen molar-refractivity contribution in [3.8, 4) is 0 Å². The lowest BCUT2D eigenvalue weighted by atomic mass is 10.1. The smallest absolute Gasteiger partial charge is 0.253 e. The number of carbonyl (C=O) groups is 2. The summed E-state index contributed by atoms with van der Waals surface area (Å²) in [5, 5.41) is 5.80. The summed E-state index contributed by atoms with van der Waals surface area (Å²) in [6.07, 6.45) is 2.86. The van der Waals surface area contributed by atoms with Gasteiger partial charge in [0.15, 0.2) is 0 Å². The van der Waals surface area contributed by atoms with E-state index >= 15 is 0 Å². The molecule has 2 amide bonds. The number of hydrogen-bond donors (Lipinski definition) is 2. The minimum Gasteiger partial charge on any atom is -0.376 e. The third kappa shape index (κ3) is 6.43. The highest BCUT2D eigenvalue weighted by Gasteiger charge is 2.23. The van der Waals surface area contributed by atoms with Crippen LogP contribution in [0.25, 0.3) is 0 Å². The first-order valence-electron chi connectivity index (χ1n) is 9.76. The number of rotatable bonds is 8. The van der Waals surface area contributed by atoms with Crippen LogP contribution in [0, 0.1) is 0 Å². The van der Waals surface area contributed by atoms with Gasteiger partial charge in [-0.2, -0.15) is 0 Å². The molecule has 0 spiro atoms. The van der Waals surface area contributed by atoms with Crippen molar-refractivity contribution < 1.29 is 22.7 Å². The maximum absolute atomic E-state index is 12.7. The first-order valence-corrected chi connectivity index (χ1v) is 12.0. The molecule has 1 aliphatic rings. The molecular weight excluding hydrogens is 442 g/mol. The Labute approximate surface area is 186 Å². The molecule has 0 bridgehead atoms. The van der Waals surface area contributed by atoms with Gasteiger partial charge in [0.05, 0.1) is 29.3 Å². The summed E-state index contributed by atoms with van der Waals surface area (Å²) in [7, 11) is -3.75. The summed E-state index contributed by atoms with van der Waals surface area (Å²) < 4.78 is 30.9. The second-order valence-corrected chi connectivity index (χ2v) is 9.53. The van der Waals surface area contributed by atoms with Gasteiger partial charge >= 0.3 is 0 Å². The van der Waals surface area contributed by atoms with Crippen molar-refractivity contribution in [1.82, 2.24) is 5.32 Å². The van der Waals surface area contributed by atoms with Crippen LogP contribution in [0.5, 0.6) is 0 Å². The van der Waals surface area contributed by atoms with Gasteiger partial charge in [0.2, 0.25) is 15.9 Å². The summed E-state index contributed by atoms with van der Waals surface area (Å²) in [6, 6.07) is 12.8. The van der Waals surface area contributed by atoms with Crippen LogP contribution < -0.4 is 14.9 Å². The topological polar surface area (TPSA) is 105 Å². The highest BCUT2D eigenvalue weighted by molar-refractivity contribution is 7.92. The van der Waals surface area contributed by atoms with Crippen molar-refractivity contribution in [2.75, 3.05) is 35.6 Å². The number of nitrogens with zero attached hydrogens (tertiary/aromatic N) is 1. The highest BCUT2D eigenvalue weighted by Crippen LogP contribution is 2.22. The SMILES string of the molecule is CS(=O)(=O)N(CC(=O)Nc1ccccc1C(=O)NC[C@H]1CCCO1)c1cccc(Cl)c1. The van der Waals surface area contributed by atoms with Crippen LogP contribution >= 0.6 is 11.6 Å². The number of ether oxygens (including phenoxy) is 1. The monoisotopic (exact) mass is 465 g/mol. The fourth-order valence-corrected chi connectivity index (χ4v) is 4.28. The van der Waals surface area contributed by atoms with Gasteiger partial charge in [-0.1, -0.05) is 29.8 Å². The molecule has 1 fully saturated rings. The summed E-state index contributed by atoms with van der Waals surface area (Å²) >= 11 is 5.96. The van der Waals surface area contributed by atoms with E-state index in [1.54, 1.807) is 42.5 Å². The zero-order valence-corrected chi connectivity index (χ0v) is 18.6. The Kier molecular flexibility index (Phi) is 7.53. The number of benzene rings is 2. The number of nitrogens with one attached hydrogen (secondary N) is 2. The quantitative estimate of drug-likeness (QED) is 0.623. The first kappa shape index (κ1) is 23.1. The number of halogens is 1. The Balaban J connectivity index is 1.71. The van der Waals surface area contributed by atoms with Crippen molar-refractivity contribution in [3.63, 3.8) is 0 Å². The van der Waals surface area contributed by atoms with E-state index in [4.69, 9.17) is 16.3 Å². The lowest BCUT2D eigenvalue weighted by Gasteiger charge is -2.22. The van der Waals surface area contributed by atoms with Crippen LogP contribution in [-0.2, 0) is 19.6 Å². The second kappa shape index (κ2) is 10.1. The standard InChI is InChI=1S/C21H24ClN3O5S/c1-31(28,29)25(16-7-4-6-15(22)12-16)14-20(26)24-19-10-3-2-9-18(19)21(27)23-13-17-8-5-11-30-17/h2-4,6-7,9-10,12,17H,5,8,11,13-14H2,1H3,(H,23,27)(H,24,26)/t17-/m1/s1. The normalized spacial score (nSPS) is 16.0. The van der Waals surface area contributed by atoms with Gasteiger partial charge in [0.1, 0.15) is 6.54 Å². The highest BCUT2D eigenvalue weighted by atomic mass is 35.5.